The summed E-state index contributed by atoms with van der Waals surface area (Å²) in [5.74, 6) is -1.58. The number of amides is 1. The summed E-state index contributed by atoms with van der Waals surface area (Å²) < 4.78 is 0. The molecule has 1 aliphatic rings. The van der Waals surface area contributed by atoms with Gasteiger partial charge in [-0.3, -0.25) is 9.59 Å². The van der Waals surface area contributed by atoms with Crippen molar-refractivity contribution >= 4 is 23.2 Å². The van der Waals surface area contributed by atoms with Crippen LogP contribution in [0.5, 0.6) is 0 Å². The van der Waals surface area contributed by atoms with Crippen molar-refractivity contribution in [2.45, 2.75) is 33.2 Å². The lowest BCUT2D eigenvalue weighted by atomic mass is 9.95. The summed E-state index contributed by atoms with van der Waals surface area (Å²) in [5.41, 5.74) is 0.862. The van der Waals surface area contributed by atoms with Crippen molar-refractivity contribution in [3.05, 3.63) is 16.1 Å². The smallest absolute Gasteiger partial charge is 0.307 e. The van der Waals surface area contributed by atoms with E-state index in [1.165, 1.54) is 0 Å². The van der Waals surface area contributed by atoms with Crippen LogP contribution in [0.1, 0.15) is 30.5 Å². The summed E-state index contributed by atoms with van der Waals surface area (Å²) in [6.07, 6.45) is 1.26. The molecular weight excluding hydrogens is 276 g/mol. The van der Waals surface area contributed by atoms with Gasteiger partial charge in [0.15, 0.2) is 0 Å². The van der Waals surface area contributed by atoms with Gasteiger partial charge in [0.2, 0.25) is 5.91 Å². The third kappa shape index (κ3) is 3.17. The zero-order chi connectivity index (χ0) is 14.9. The van der Waals surface area contributed by atoms with Crippen molar-refractivity contribution in [1.29, 1.82) is 0 Å². The topological polar surface area (TPSA) is 70.5 Å². The molecule has 1 N–H and O–H groups in total. The quantitative estimate of drug-likeness (QED) is 0.924. The first-order valence-corrected chi connectivity index (χ1v) is 7.65. The van der Waals surface area contributed by atoms with E-state index in [1.54, 1.807) is 23.3 Å². The first-order chi connectivity index (χ1) is 9.38. The molecule has 0 saturated heterocycles. The standard InChI is InChI=1S/C14H20N2O3S/c1-8-4-11(12(5-8)14(18)19)13(17)16(3)6-10-7-20-9(2)15-10/h7-8,11-12H,4-6H2,1-3H3,(H,18,19)/t8?,11-,12+/m0/s1. The van der Waals surface area contributed by atoms with E-state index in [2.05, 4.69) is 4.98 Å². The number of rotatable bonds is 4. The van der Waals surface area contributed by atoms with Gasteiger partial charge in [-0.05, 0) is 25.7 Å². The fourth-order valence-electron chi connectivity index (χ4n) is 2.92. The number of aromatic nitrogens is 1. The van der Waals surface area contributed by atoms with Crippen molar-refractivity contribution in [3.8, 4) is 0 Å². The van der Waals surface area contributed by atoms with Gasteiger partial charge >= 0.3 is 5.97 Å². The van der Waals surface area contributed by atoms with Gasteiger partial charge in [0, 0.05) is 12.4 Å². The highest BCUT2D eigenvalue weighted by Gasteiger charge is 2.42. The first-order valence-electron chi connectivity index (χ1n) is 6.77. The van der Waals surface area contributed by atoms with Crippen LogP contribution < -0.4 is 0 Å². The molecule has 1 heterocycles. The van der Waals surface area contributed by atoms with Gasteiger partial charge in [-0.15, -0.1) is 11.3 Å². The maximum Gasteiger partial charge on any atom is 0.307 e. The molecule has 6 heteroatoms. The summed E-state index contributed by atoms with van der Waals surface area (Å²) in [6, 6.07) is 0. The monoisotopic (exact) mass is 296 g/mol. The van der Waals surface area contributed by atoms with Crippen molar-refractivity contribution in [3.63, 3.8) is 0 Å². The lowest BCUT2D eigenvalue weighted by molar-refractivity contribution is -0.148. The Bertz CT molecular complexity index is 514. The van der Waals surface area contributed by atoms with E-state index >= 15 is 0 Å². The fourth-order valence-corrected chi connectivity index (χ4v) is 3.53. The Kier molecular flexibility index (Phi) is 4.42. The molecule has 5 nitrogen and oxygen atoms in total. The number of nitrogens with zero attached hydrogens (tertiary/aromatic N) is 2. The highest BCUT2D eigenvalue weighted by atomic mass is 32.1. The highest BCUT2D eigenvalue weighted by molar-refractivity contribution is 7.09. The second-order valence-electron chi connectivity index (χ2n) is 5.68. The lowest BCUT2D eigenvalue weighted by Crippen LogP contribution is -2.36. The molecule has 20 heavy (non-hydrogen) atoms. The van der Waals surface area contributed by atoms with E-state index in [0.29, 0.717) is 25.3 Å². The second-order valence-corrected chi connectivity index (χ2v) is 6.74. The predicted molar refractivity (Wildman–Crippen MR) is 76.3 cm³/mol. The molecule has 0 aromatic carbocycles. The van der Waals surface area contributed by atoms with Gasteiger partial charge in [-0.1, -0.05) is 6.92 Å². The second kappa shape index (κ2) is 5.91. The molecule has 1 saturated carbocycles. The Morgan fingerprint density at radius 3 is 2.65 bits per heavy atom. The minimum absolute atomic E-state index is 0.0765. The van der Waals surface area contributed by atoms with Gasteiger partial charge in [-0.25, -0.2) is 4.98 Å². The Balaban J connectivity index is 2.04. The van der Waals surface area contributed by atoms with Crippen LogP contribution in [0, 0.1) is 24.7 Å². The summed E-state index contributed by atoms with van der Waals surface area (Å²) >= 11 is 1.55. The number of hydrogen-bond acceptors (Lipinski definition) is 4. The third-order valence-electron chi connectivity index (χ3n) is 3.87. The third-order valence-corrected chi connectivity index (χ3v) is 4.70. The number of carbonyl (C=O) groups is 2. The SMILES string of the molecule is Cc1nc(CN(C)C(=O)[C@H]2CC(C)C[C@H]2C(=O)O)cs1. The molecule has 1 aromatic rings. The van der Waals surface area contributed by atoms with E-state index in [4.69, 9.17) is 0 Å². The Labute approximate surface area is 122 Å². The fraction of sp³-hybridized carbons (Fsp3) is 0.643. The van der Waals surface area contributed by atoms with Crippen LogP contribution in [0.2, 0.25) is 0 Å². The average molecular weight is 296 g/mol. The largest absolute Gasteiger partial charge is 0.481 e. The molecule has 0 radical (unpaired) electrons. The minimum atomic E-state index is -0.856. The summed E-state index contributed by atoms with van der Waals surface area (Å²) in [5, 5.41) is 12.2. The van der Waals surface area contributed by atoms with Gasteiger partial charge in [0.25, 0.3) is 0 Å². The number of carboxylic acid groups (broad SMARTS) is 1. The van der Waals surface area contributed by atoms with Crippen LogP contribution in [0.3, 0.4) is 0 Å². The van der Waals surface area contributed by atoms with Gasteiger partial charge in [0.05, 0.1) is 29.1 Å². The average Bonchev–Trinajstić information content (AvgIpc) is 2.94. The number of thiazole rings is 1. The van der Waals surface area contributed by atoms with Gasteiger partial charge in [0.1, 0.15) is 0 Å². The highest BCUT2D eigenvalue weighted by Crippen LogP contribution is 2.37. The number of aryl methyl sites for hydroxylation is 1. The first kappa shape index (κ1) is 15.0. The maximum absolute atomic E-state index is 12.5. The summed E-state index contributed by atoms with van der Waals surface area (Å²) in [7, 11) is 1.72. The Morgan fingerprint density at radius 2 is 2.10 bits per heavy atom. The van der Waals surface area contributed by atoms with Gasteiger partial charge < -0.3 is 10.0 Å². The predicted octanol–water partition coefficient (Wildman–Crippen LogP) is 2.16. The Morgan fingerprint density at radius 1 is 1.45 bits per heavy atom. The number of carboxylic acids is 1. The summed E-state index contributed by atoms with van der Waals surface area (Å²) in [6.45, 7) is 4.38. The molecule has 1 aliphatic carbocycles. The van der Waals surface area contributed by atoms with Gasteiger partial charge in [-0.2, -0.15) is 0 Å². The molecule has 1 aromatic heterocycles. The maximum atomic E-state index is 12.5. The van der Waals surface area contributed by atoms with Crippen molar-refractivity contribution < 1.29 is 14.7 Å². The zero-order valence-corrected chi connectivity index (χ0v) is 12.8. The minimum Gasteiger partial charge on any atom is -0.481 e. The molecule has 2 rings (SSSR count). The lowest BCUT2D eigenvalue weighted by Gasteiger charge is -2.22. The van der Waals surface area contributed by atoms with Crippen LogP contribution in [-0.2, 0) is 16.1 Å². The Hall–Kier alpha value is -1.43. The molecule has 1 fully saturated rings. The van der Waals surface area contributed by atoms with E-state index in [-0.39, 0.29) is 5.91 Å². The van der Waals surface area contributed by atoms with E-state index in [1.807, 2.05) is 19.2 Å². The molecule has 0 aliphatic heterocycles. The van der Waals surface area contributed by atoms with Crippen molar-refractivity contribution in [2.24, 2.45) is 17.8 Å². The summed E-state index contributed by atoms with van der Waals surface area (Å²) in [4.78, 5) is 29.7. The molecule has 0 bridgehead atoms. The van der Waals surface area contributed by atoms with Crippen molar-refractivity contribution in [1.82, 2.24) is 9.88 Å². The molecular formula is C14H20N2O3S. The van der Waals surface area contributed by atoms with E-state index < -0.39 is 17.8 Å². The van der Waals surface area contributed by atoms with Crippen LogP contribution in [0.25, 0.3) is 0 Å². The number of hydrogen-bond donors (Lipinski definition) is 1. The number of aliphatic carboxylic acids is 1. The van der Waals surface area contributed by atoms with E-state index in [9.17, 15) is 14.7 Å². The molecule has 110 valence electrons. The van der Waals surface area contributed by atoms with E-state index in [0.717, 1.165) is 10.7 Å². The molecule has 1 unspecified atom stereocenters. The van der Waals surface area contributed by atoms with Crippen LogP contribution in [0.4, 0.5) is 0 Å². The molecule has 3 atom stereocenters. The molecule has 1 amide bonds. The number of carbonyl (C=O) groups excluding carboxylic acids is 1. The van der Waals surface area contributed by atoms with Crippen molar-refractivity contribution in [2.75, 3.05) is 7.05 Å². The van der Waals surface area contributed by atoms with Crippen LogP contribution in [-0.4, -0.2) is 33.9 Å². The normalized spacial score (nSPS) is 25.6. The van der Waals surface area contributed by atoms with Crippen LogP contribution >= 0.6 is 11.3 Å². The van der Waals surface area contributed by atoms with Crippen LogP contribution in [0.15, 0.2) is 5.38 Å². The zero-order valence-electron chi connectivity index (χ0n) is 12.0. The molecule has 0 spiro atoms.